The topological polar surface area (TPSA) is 92.5 Å². The summed E-state index contributed by atoms with van der Waals surface area (Å²) in [5.41, 5.74) is 0.187. The molecule has 0 bridgehead atoms. The Bertz CT molecular complexity index is 822. The number of carbonyl (C=O) groups excluding carboxylic acids is 1. The molecule has 2 heterocycles. The number of nitrogens with one attached hydrogen (secondary N) is 1. The van der Waals surface area contributed by atoms with Crippen LogP contribution < -0.4 is 5.32 Å². The van der Waals surface area contributed by atoms with Gasteiger partial charge in [0.15, 0.2) is 5.69 Å². The van der Waals surface area contributed by atoms with Crippen LogP contribution in [-0.2, 0) is 10.0 Å². The summed E-state index contributed by atoms with van der Waals surface area (Å²) in [5, 5.41) is 6.30. The van der Waals surface area contributed by atoms with Crippen LogP contribution in [0.1, 0.15) is 23.3 Å². The van der Waals surface area contributed by atoms with Crippen molar-refractivity contribution in [2.24, 2.45) is 5.92 Å². The number of hydrogen-bond acceptors (Lipinski definition) is 5. The third-order valence-corrected chi connectivity index (χ3v) is 6.03. The van der Waals surface area contributed by atoms with Crippen molar-refractivity contribution in [2.75, 3.05) is 19.6 Å². The molecule has 1 unspecified atom stereocenters. The van der Waals surface area contributed by atoms with Crippen LogP contribution in [0.3, 0.4) is 0 Å². The number of piperidine rings is 1. The molecule has 7 nitrogen and oxygen atoms in total. The number of sulfonamides is 1. The van der Waals surface area contributed by atoms with E-state index in [0.717, 1.165) is 18.6 Å². The monoisotopic (exact) mass is 367 g/mol. The first-order chi connectivity index (χ1) is 12.0. The van der Waals surface area contributed by atoms with Crippen molar-refractivity contribution >= 4 is 15.9 Å². The minimum absolute atomic E-state index is 0.000163. The summed E-state index contributed by atoms with van der Waals surface area (Å²) in [6.45, 7) is 1.06. The molecular formula is C16H18FN3O4S. The van der Waals surface area contributed by atoms with Gasteiger partial charge in [-0.1, -0.05) is 5.16 Å². The first kappa shape index (κ1) is 17.6. The highest BCUT2D eigenvalue weighted by Gasteiger charge is 2.30. The van der Waals surface area contributed by atoms with E-state index in [1.807, 2.05) is 0 Å². The smallest absolute Gasteiger partial charge is 0.273 e. The van der Waals surface area contributed by atoms with Crippen molar-refractivity contribution < 1.29 is 22.1 Å². The molecule has 0 saturated carbocycles. The molecule has 1 aromatic carbocycles. The zero-order valence-electron chi connectivity index (χ0n) is 13.4. The molecule has 1 aliphatic rings. The van der Waals surface area contributed by atoms with Gasteiger partial charge in [-0.25, -0.2) is 12.8 Å². The second-order valence-electron chi connectivity index (χ2n) is 5.92. The number of hydrogen-bond donors (Lipinski definition) is 1. The first-order valence-corrected chi connectivity index (χ1v) is 9.35. The Morgan fingerprint density at radius 2 is 2.08 bits per heavy atom. The van der Waals surface area contributed by atoms with E-state index in [1.54, 1.807) is 0 Å². The lowest BCUT2D eigenvalue weighted by molar-refractivity contribution is 0.0932. The van der Waals surface area contributed by atoms with Crippen molar-refractivity contribution in [3.63, 3.8) is 0 Å². The number of amides is 1. The summed E-state index contributed by atoms with van der Waals surface area (Å²) in [6, 6.07) is 6.25. The largest absolute Gasteiger partial charge is 0.364 e. The highest BCUT2D eigenvalue weighted by Crippen LogP contribution is 2.23. The summed E-state index contributed by atoms with van der Waals surface area (Å²) in [6.07, 6.45) is 2.83. The number of benzene rings is 1. The minimum atomic E-state index is -3.67. The van der Waals surface area contributed by atoms with Crippen LogP contribution in [0.2, 0.25) is 0 Å². The Morgan fingerprint density at radius 1 is 1.32 bits per heavy atom. The molecule has 134 valence electrons. The van der Waals surface area contributed by atoms with Crippen LogP contribution in [-0.4, -0.2) is 43.4 Å². The van der Waals surface area contributed by atoms with Gasteiger partial charge in [0.05, 0.1) is 4.90 Å². The Morgan fingerprint density at radius 3 is 2.76 bits per heavy atom. The molecule has 0 aliphatic carbocycles. The molecule has 0 spiro atoms. The van der Waals surface area contributed by atoms with Crippen molar-refractivity contribution in [3.8, 4) is 0 Å². The summed E-state index contributed by atoms with van der Waals surface area (Å²) < 4.78 is 44.3. The van der Waals surface area contributed by atoms with Crippen LogP contribution in [0, 0.1) is 11.7 Å². The lowest BCUT2D eigenvalue weighted by atomic mass is 10.00. The summed E-state index contributed by atoms with van der Waals surface area (Å²) in [4.78, 5) is 11.9. The lowest BCUT2D eigenvalue weighted by Gasteiger charge is -2.32. The predicted octanol–water partition coefficient (Wildman–Crippen LogP) is 1.64. The highest BCUT2D eigenvalue weighted by molar-refractivity contribution is 7.89. The van der Waals surface area contributed by atoms with Gasteiger partial charge >= 0.3 is 0 Å². The summed E-state index contributed by atoms with van der Waals surface area (Å²) in [7, 11) is -3.67. The van der Waals surface area contributed by atoms with E-state index in [0.29, 0.717) is 26.1 Å². The third kappa shape index (κ3) is 4.05. The normalized spacial score (nSPS) is 18.8. The van der Waals surface area contributed by atoms with Crippen LogP contribution in [0.5, 0.6) is 0 Å². The van der Waals surface area contributed by atoms with E-state index in [1.165, 1.54) is 28.8 Å². The van der Waals surface area contributed by atoms with Gasteiger partial charge in [-0.05, 0) is 43.0 Å². The van der Waals surface area contributed by atoms with Crippen molar-refractivity contribution in [3.05, 3.63) is 48.1 Å². The molecule has 1 atom stereocenters. The van der Waals surface area contributed by atoms with E-state index < -0.39 is 15.8 Å². The zero-order chi connectivity index (χ0) is 17.9. The average Bonchev–Trinajstić information content (AvgIpc) is 3.15. The molecule has 1 fully saturated rings. The van der Waals surface area contributed by atoms with Gasteiger partial charge in [-0.2, -0.15) is 4.31 Å². The fourth-order valence-electron chi connectivity index (χ4n) is 2.82. The predicted molar refractivity (Wildman–Crippen MR) is 86.7 cm³/mol. The van der Waals surface area contributed by atoms with Gasteiger partial charge in [0.2, 0.25) is 10.0 Å². The fourth-order valence-corrected chi connectivity index (χ4v) is 4.38. The van der Waals surface area contributed by atoms with Crippen LogP contribution in [0.4, 0.5) is 4.39 Å². The Labute approximate surface area is 144 Å². The minimum Gasteiger partial charge on any atom is -0.364 e. The maximum absolute atomic E-state index is 13.0. The molecule has 1 amide bonds. The van der Waals surface area contributed by atoms with Gasteiger partial charge in [0.1, 0.15) is 12.1 Å². The lowest BCUT2D eigenvalue weighted by Crippen LogP contribution is -2.43. The van der Waals surface area contributed by atoms with Gasteiger partial charge in [-0.3, -0.25) is 4.79 Å². The Balaban J connectivity index is 1.62. The second-order valence-corrected chi connectivity index (χ2v) is 7.86. The van der Waals surface area contributed by atoms with Crippen LogP contribution in [0.15, 0.2) is 46.0 Å². The van der Waals surface area contributed by atoms with Crippen molar-refractivity contribution in [1.29, 1.82) is 0 Å². The van der Waals surface area contributed by atoms with Crippen molar-refractivity contribution in [1.82, 2.24) is 14.8 Å². The number of rotatable bonds is 5. The van der Waals surface area contributed by atoms with Gasteiger partial charge in [-0.15, -0.1) is 0 Å². The second kappa shape index (κ2) is 7.32. The Hall–Kier alpha value is -2.26. The van der Waals surface area contributed by atoms with E-state index >= 15 is 0 Å². The quantitative estimate of drug-likeness (QED) is 0.867. The van der Waals surface area contributed by atoms with Gasteiger partial charge in [0, 0.05) is 25.7 Å². The maximum Gasteiger partial charge on any atom is 0.273 e. The van der Waals surface area contributed by atoms with Crippen molar-refractivity contribution in [2.45, 2.75) is 17.7 Å². The molecule has 25 heavy (non-hydrogen) atoms. The third-order valence-electron chi connectivity index (χ3n) is 4.15. The molecule has 1 aromatic heterocycles. The molecular weight excluding hydrogens is 349 g/mol. The molecule has 1 aliphatic heterocycles. The highest BCUT2D eigenvalue weighted by atomic mass is 32.2. The fraction of sp³-hybridized carbons (Fsp3) is 0.375. The standard InChI is InChI=1S/C16H18FN3O4S/c17-13-3-5-14(6-4-13)25(22,23)20-8-1-2-12(11-20)10-18-16(21)15-7-9-24-19-15/h3-7,9,12H,1-2,8,10-11H2,(H,18,21). The van der Waals surface area contributed by atoms with Crippen LogP contribution in [0.25, 0.3) is 0 Å². The first-order valence-electron chi connectivity index (χ1n) is 7.91. The van der Waals surface area contributed by atoms with E-state index in [2.05, 4.69) is 15.0 Å². The molecule has 9 heteroatoms. The number of nitrogens with zero attached hydrogens (tertiary/aromatic N) is 2. The van der Waals surface area contributed by atoms with Gasteiger partial charge < -0.3 is 9.84 Å². The average molecular weight is 367 g/mol. The number of halogens is 1. The molecule has 1 saturated heterocycles. The SMILES string of the molecule is O=C(NCC1CCCN(S(=O)(=O)c2ccc(F)cc2)C1)c1ccon1. The molecule has 2 aromatic rings. The summed E-state index contributed by atoms with van der Waals surface area (Å²) in [5.74, 6) is -0.835. The van der Waals surface area contributed by atoms with Gasteiger partial charge in [0.25, 0.3) is 5.91 Å². The number of aromatic nitrogens is 1. The zero-order valence-corrected chi connectivity index (χ0v) is 14.2. The molecule has 3 rings (SSSR count). The van der Waals surface area contributed by atoms with Crippen LogP contribution >= 0.6 is 0 Å². The maximum atomic E-state index is 13.0. The molecule has 0 radical (unpaired) electrons. The number of carbonyl (C=O) groups is 1. The van der Waals surface area contributed by atoms with E-state index in [-0.39, 0.29) is 22.4 Å². The molecule has 1 N–H and O–H groups in total. The van der Waals surface area contributed by atoms with E-state index in [4.69, 9.17) is 0 Å². The van der Waals surface area contributed by atoms with E-state index in [9.17, 15) is 17.6 Å². The summed E-state index contributed by atoms with van der Waals surface area (Å²) >= 11 is 0. The Kier molecular flexibility index (Phi) is 5.14.